The van der Waals surface area contributed by atoms with Crippen molar-refractivity contribution >= 4 is 5.91 Å². The van der Waals surface area contributed by atoms with Crippen molar-refractivity contribution in [3.8, 4) is 0 Å². The van der Waals surface area contributed by atoms with Crippen molar-refractivity contribution < 1.29 is 4.79 Å². The molecule has 0 spiro atoms. The highest BCUT2D eigenvalue weighted by Crippen LogP contribution is 2.24. The smallest absolute Gasteiger partial charge is 0.225 e. The van der Waals surface area contributed by atoms with Gasteiger partial charge >= 0.3 is 0 Å². The van der Waals surface area contributed by atoms with Crippen LogP contribution in [-0.2, 0) is 4.79 Å². The maximum Gasteiger partial charge on any atom is 0.225 e. The van der Waals surface area contributed by atoms with Crippen molar-refractivity contribution in [3.05, 3.63) is 0 Å². The van der Waals surface area contributed by atoms with Crippen LogP contribution in [0.3, 0.4) is 0 Å². The van der Waals surface area contributed by atoms with E-state index in [4.69, 9.17) is 0 Å². The summed E-state index contributed by atoms with van der Waals surface area (Å²) in [6.07, 6.45) is 4.65. The molecule has 0 aliphatic heterocycles. The monoisotopic (exact) mass is 240 g/mol. The number of rotatable bonds is 4. The summed E-state index contributed by atoms with van der Waals surface area (Å²) in [5.74, 6) is 0.883. The molecule has 1 aliphatic carbocycles. The average molecular weight is 240 g/mol. The van der Waals surface area contributed by atoms with Gasteiger partial charge in [-0.1, -0.05) is 20.8 Å². The maximum absolute atomic E-state index is 12.2. The van der Waals surface area contributed by atoms with Crippen molar-refractivity contribution in [3.63, 3.8) is 0 Å². The van der Waals surface area contributed by atoms with Crippen LogP contribution in [0.1, 0.15) is 46.5 Å². The van der Waals surface area contributed by atoms with Crippen LogP contribution in [-0.4, -0.2) is 37.0 Å². The Morgan fingerprint density at radius 2 is 1.71 bits per heavy atom. The first-order chi connectivity index (χ1) is 7.97. The zero-order valence-electron chi connectivity index (χ0n) is 12.0. The molecule has 100 valence electrons. The van der Waals surface area contributed by atoms with E-state index in [0.717, 1.165) is 12.8 Å². The van der Waals surface area contributed by atoms with E-state index < -0.39 is 0 Å². The van der Waals surface area contributed by atoms with E-state index in [1.165, 1.54) is 12.8 Å². The molecule has 0 aromatic rings. The predicted octanol–water partition coefficient (Wildman–Crippen LogP) is 2.27. The third-order valence-electron chi connectivity index (χ3n) is 4.39. The van der Waals surface area contributed by atoms with E-state index in [2.05, 4.69) is 19.2 Å². The third kappa shape index (κ3) is 3.70. The lowest BCUT2D eigenvalue weighted by molar-refractivity contribution is -0.137. The Balaban J connectivity index is 2.48. The minimum absolute atomic E-state index is 0.141. The molecule has 1 atom stereocenters. The van der Waals surface area contributed by atoms with Gasteiger partial charge in [0.05, 0.1) is 0 Å². The molecule has 0 heterocycles. The van der Waals surface area contributed by atoms with Crippen LogP contribution in [0.5, 0.6) is 0 Å². The largest absolute Gasteiger partial charge is 0.343 e. The number of nitrogens with one attached hydrogen (secondary N) is 1. The lowest BCUT2D eigenvalue weighted by Crippen LogP contribution is -2.45. The van der Waals surface area contributed by atoms with Crippen molar-refractivity contribution in [1.29, 1.82) is 0 Å². The molecular formula is C14H28N2O. The zero-order valence-corrected chi connectivity index (χ0v) is 12.0. The van der Waals surface area contributed by atoms with Crippen LogP contribution in [0, 0.1) is 11.8 Å². The van der Waals surface area contributed by atoms with Crippen LogP contribution in [0.25, 0.3) is 0 Å². The Morgan fingerprint density at radius 1 is 1.18 bits per heavy atom. The number of hydrogen-bond acceptors (Lipinski definition) is 2. The van der Waals surface area contributed by atoms with Gasteiger partial charge in [-0.05, 0) is 38.6 Å². The molecule has 3 heteroatoms. The second-order valence-electron chi connectivity index (χ2n) is 5.78. The van der Waals surface area contributed by atoms with Crippen LogP contribution < -0.4 is 5.32 Å². The quantitative estimate of drug-likeness (QED) is 0.817. The SMILES string of the molecule is CNC1CCC(N(C)C(=O)C(C)C(C)C)CC1. The standard InChI is InChI=1S/C14H28N2O/c1-10(2)11(3)14(17)16(5)13-8-6-12(15-4)7-9-13/h10-13,15H,6-9H2,1-5H3. The highest BCUT2D eigenvalue weighted by molar-refractivity contribution is 5.78. The molecular weight excluding hydrogens is 212 g/mol. The fourth-order valence-electron chi connectivity index (χ4n) is 2.54. The number of amides is 1. The van der Waals surface area contributed by atoms with Gasteiger partial charge in [-0.25, -0.2) is 0 Å². The summed E-state index contributed by atoms with van der Waals surface area (Å²) in [5, 5.41) is 3.33. The second-order valence-corrected chi connectivity index (χ2v) is 5.78. The Labute approximate surface area is 106 Å². The fourth-order valence-corrected chi connectivity index (χ4v) is 2.54. The van der Waals surface area contributed by atoms with Gasteiger partial charge in [0.1, 0.15) is 0 Å². The molecule has 0 aromatic heterocycles. The molecule has 0 aromatic carbocycles. The molecule has 1 rings (SSSR count). The van der Waals surface area contributed by atoms with Crippen molar-refractivity contribution in [1.82, 2.24) is 10.2 Å². The summed E-state index contributed by atoms with van der Waals surface area (Å²) in [7, 11) is 4.01. The maximum atomic E-state index is 12.2. The van der Waals surface area contributed by atoms with Crippen LogP contribution >= 0.6 is 0 Å². The van der Waals surface area contributed by atoms with Crippen molar-refractivity contribution in [2.75, 3.05) is 14.1 Å². The molecule has 3 nitrogen and oxygen atoms in total. The van der Waals surface area contributed by atoms with Crippen LogP contribution in [0.4, 0.5) is 0 Å². The summed E-state index contributed by atoms with van der Waals surface area (Å²) in [4.78, 5) is 14.2. The first kappa shape index (κ1) is 14.5. The normalized spacial score (nSPS) is 26.9. The summed E-state index contributed by atoms with van der Waals surface area (Å²) < 4.78 is 0. The van der Waals surface area contributed by atoms with Crippen molar-refractivity contribution in [2.24, 2.45) is 11.8 Å². The molecule has 17 heavy (non-hydrogen) atoms. The van der Waals surface area contributed by atoms with E-state index in [9.17, 15) is 4.79 Å². The first-order valence-corrected chi connectivity index (χ1v) is 6.91. The number of nitrogens with zero attached hydrogens (tertiary/aromatic N) is 1. The van der Waals surface area contributed by atoms with E-state index >= 15 is 0 Å². The molecule has 1 fully saturated rings. The highest BCUT2D eigenvalue weighted by atomic mass is 16.2. The third-order valence-corrected chi connectivity index (χ3v) is 4.39. The molecule has 1 amide bonds. The Kier molecular flexibility index (Phi) is 5.44. The van der Waals surface area contributed by atoms with Gasteiger partial charge in [0.25, 0.3) is 0 Å². The average Bonchev–Trinajstić information content (AvgIpc) is 2.36. The molecule has 1 aliphatic rings. The fraction of sp³-hybridized carbons (Fsp3) is 0.929. The Morgan fingerprint density at radius 3 is 2.12 bits per heavy atom. The van der Waals surface area contributed by atoms with E-state index in [0.29, 0.717) is 23.9 Å². The van der Waals surface area contributed by atoms with Gasteiger partial charge in [-0.2, -0.15) is 0 Å². The topological polar surface area (TPSA) is 32.3 Å². The predicted molar refractivity (Wildman–Crippen MR) is 71.9 cm³/mol. The van der Waals surface area contributed by atoms with Gasteiger partial charge < -0.3 is 10.2 Å². The zero-order chi connectivity index (χ0) is 13.0. The van der Waals surface area contributed by atoms with Gasteiger partial charge in [0.15, 0.2) is 0 Å². The first-order valence-electron chi connectivity index (χ1n) is 6.91. The molecule has 1 unspecified atom stereocenters. The summed E-state index contributed by atoms with van der Waals surface area (Å²) in [6, 6.07) is 1.10. The molecule has 0 saturated heterocycles. The van der Waals surface area contributed by atoms with Crippen molar-refractivity contribution in [2.45, 2.75) is 58.5 Å². The molecule has 1 N–H and O–H groups in total. The van der Waals surface area contributed by atoms with E-state index in [-0.39, 0.29) is 5.92 Å². The van der Waals surface area contributed by atoms with Crippen LogP contribution in [0.15, 0.2) is 0 Å². The number of carbonyl (C=O) groups excluding carboxylic acids is 1. The summed E-state index contributed by atoms with van der Waals surface area (Å²) in [5.41, 5.74) is 0. The highest BCUT2D eigenvalue weighted by Gasteiger charge is 2.28. The summed E-state index contributed by atoms with van der Waals surface area (Å²) >= 11 is 0. The molecule has 0 bridgehead atoms. The Bertz CT molecular complexity index is 245. The summed E-state index contributed by atoms with van der Waals surface area (Å²) in [6.45, 7) is 6.28. The minimum Gasteiger partial charge on any atom is -0.343 e. The molecule has 0 radical (unpaired) electrons. The second kappa shape index (κ2) is 6.39. The lowest BCUT2D eigenvalue weighted by Gasteiger charge is -2.36. The van der Waals surface area contributed by atoms with Gasteiger partial charge in [0.2, 0.25) is 5.91 Å². The van der Waals surface area contributed by atoms with Gasteiger partial charge in [-0.15, -0.1) is 0 Å². The van der Waals surface area contributed by atoms with E-state index in [1.54, 1.807) is 0 Å². The molecule has 1 saturated carbocycles. The van der Waals surface area contributed by atoms with E-state index in [1.807, 2.05) is 25.9 Å². The van der Waals surface area contributed by atoms with Gasteiger partial charge in [0, 0.05) is 25.0 Å². The van der Waals surface area contributed by atoms with Crippen LogP contribution in [0.2, 0.25) is 0 Å². The lowest BCUT2D eigenvalue weighted by atomic mass is 9.89. The minimum atomic E-state index is 0.141. The number of carbonyl (C=O) groups is 1. The number of hydrogen-bond donors (Lipinski definition) is 1. The Hall–Kier alpha value is -0.570. The van der Waals surface area contributed by atoms with Gasteiger partial charge in [-0.3, -0.25) is 4.79 Å².